The van der Waals surface area contributed by atoms with Crippen LogP contribution in [0.1, 0.15) is 34.1 Å². The molecule has 1 rings (SSSR count). The van der Waals surface area contributed by atoms with E-state index in [4.69, 9.17) is 10.5 Å². The molecule has 1 saturated heterocycles. The van der Waals surface area contributed by atoms with Gasteiger partial charge in [0, 0.05) is 12.3 Å². The smallest absolute Gasteiger partial charge is 0.137 e. The summed E-state index contributed by atoms with van der Waals surface area (Å²) in [6, 6.07) is 0. The fourth-order valence-electron chi connectivity index (χ4n) is 2.09. The fourth-order valence-corrected chi connectivity index (χ4v) is 2.98. The van der Waals surface area contributed by atoms with Crippen LogP contribution in [0.4, 0.5) is 0 Å². The van der Waals surface area contributed by atoms with Gasteiger partial charge < -0.3 is 10.5 Å². The first-order valence-corrected chi connectivity index (χ1v) is 7.38. The average molecular weight is 408 g/mol. The van der Waals surface area contributed by atoms with Gasteiger partial charge in [-0.2, -0.15) is 0 Å². The summed E-state index contributed by atoms with van der Waals surface area (Å²) in [6.45, 7) is 8.52. The number of ether oxygens (including phenoxy) is 1. The van der Waals surface area contributed by atoms with Gasteiger partial charge in [-0.05, 0) is 12.3 Å². The van der Waals surface area contributed by atoms with Crippen molar-refractivity contribution in [3.8, 4) is 0 Å². The van der Waals surface area contributed by atoms with Gasteiger partial charge in [0.1, 0.15) is 7.87 Å². The molecule has 0 aromatic heterocycles. The third-order valence-electron chi connectivity index (χ3n) is 3.62. The van der Waals surface area contributed by atoms with Crippen LogP contribution in [0.15, 0.2) is 0 Å². The van der Waals surface area contributed by atoms with Gasteiger partial charge >= 0.3 is 0 Å². The van der Waals surface area contributed by atoms with E-state index in [1.807, 2.05) is 6.92 Å². The van der Waals surface area contributed by atoms with Gasteiger partial charge in [0.15, 0.2) is 0 Å². The minimum Gasteiger partial charge on any atom is -0.357 e. The Morgan fingerprint density at radius 2 is 1.73 bits per heavy atom. The van der Waals surface area contributed by atoms with Crippen LogP contribution in [0.25, 0.3) is 0 Å². The number of alkyl halides is 3. The minimum atomic E-state index is -0.535. The molecule has 5 heteroatoms. The topological polar surface area (TPSA) is 35.2 Å². The molecule has 0 aromatic rings. The maximum absolute atomic E-state index is 6.14. The lowest BCUT2D eigenvalue weighted by molar-refractivity contribution is -0.0447. The number of hydrogen-bond donors (Lipinski definition) is 1. The van der Waals surface area contributed by atoms with Crippen LogP contribution in [-0.4, -0.2) is 14.0 Å². The second-order valence-electron chi connectivity index (χ2n) is 5.15. The molecule has 1 heterocycles. The van der Waals surface area contributed by atoms with Gasteiger partial charge in [-0.3, -0.25) is 0 Å². The highest BCUT2D eigenvalue weighted by atomic mass is 80.0. The van der Waals surface area contributed by atoms with Crippen LogP contribution >= 0.6 is 47.8 Å². The van der Waals surface area contributed by atoms with Crippen molar-refractivity contribution in [3.63, 3.8) is 0 Å². The van der Waals surface area contributed by atoms with Crippen LogP contribution in [0.2, 0.25) is 0 Å². The fraction of sp³-hybridized carbons (Fsp3) is 1.00. The van der Waals surface area contributed by atoms with Crippen molar-refractivity contribution in [1.29, 1.82) is 0 Å². The van der Waals surface area contributed by atoms with Gasteiger partial charge in [-0.1, -0.05) is 68.6 Å². The van der Waals surface area contributed by atoms with E-state index in [1.54, 1.807) is 0 Å². The number of hydrogen-bond acceptors (Lipinski definition) is 2. The van der Waals surface area contributed by atoms with Crippen molar-refractivity contribution in [2.45, 2.75) is 48.1 Å². The lowest BCUT2D eigenvalue weighted by Crippen LogP contribution is -2.43. The molecule has 90 valence electrons. The van der Waals surface area contributed by atoms with Gasteiger partial charge in [0.05, 0.1) is 6.10 Å². The predicted octanol–water partition coefficient (Wildman–Crippen LogP) is 3.95. The molecule has 0 aromatic carbocycles. The highest BCUT2D eigenvalue weighted by Crippen LogP contribution is 2.51. The summed E-state index contributed by atoms with van der Waals surface area (Å²) in [5.74, 6) is 0.324. The molecule has 0 aliphatic carbocycles. The maximum Gasteiger partial charge on any atom is 0.137 e. The van der Waals surface area contributed by atoms with E-state index in [9.17, 15) is 0 Å². The van der Waals surface area contributed by atoms with Gasteiger partial charge in [-0.15, -0.1) is 0 Å². The molecule has 2 N–H and O–H groups in total. The van der Waals surface area contributed by atoms with Crippen LogP contribution < -0.4 is 5.73 Å². The summed E-state index contributed by atoms with van der Waals surface area (Å²) in [5, 5.41) is 0. The molecule has 3 atom stereocenters. The Balaban J connectivity index is 2.85. The normalized spacial score (nSPS) is 40.8. The molecule has 0 radical (unpaired) electrons. The zero-order valence-corrected chi connectivity index (χ0v) is 14.2. The van der Waals surface area contributed by atoms with E-state index in [-0.39, 0.29) is 13.7 Å². The van der Waals surface area contributed by atoms with Gasteiger partial charge in [0.25, 0.3) is 0 Å². The van der Waals surface area contributed by atoms with E-state index in [0.717, 1.165) is 6.42 Å². The monoisotopic (exact) mass is 405 g/mol. The van der Waals surface area contributed by atoms with Crippen LogP contribution in [0, 0.1) is 11.3 Å². The summed E-state index contributed by atoms with van der Waals surface area (Å²) in [5.41, 5.74) is 5.68. The molecule has 1 fully saturated rings. The molecule has 15 heavy (non-hydrogen) atoms. The minimum absolute atomic E-state index is 0.0735. The van der Waals surface area contributed by atoms with Crippen molar-refractivity contribution < 1.29 is 4.74 Å². The third kappa shape index (κ3) is 3.18. The second-order valence-corrected chi connectivity index (χ2v) is 12.4. The molecular formula is C10H18Br3NO. The van der Waals surface area contributed by atoms with Crippen LogP contribution in [0.5, 0.6) is 0 Å². The first-order valence-electron chi connectivity index (χ1n) is 5.00. The maximum atomic E-state index is 6.14. The molecule has 0 saturated carbocycles. The molecule has 0 spiro atoms. The molecular weight excluding hydrogens is 390 g/mol. The highest BCUT2D eigenvalue weighted by molar-refractivity contribution is 9.39. The Morgan fingerprint density at radius 3 is 2.00 bits per heavy atom. The Kier molecular flexibility index (Phi) is 4.07. The Hall–Kier alpha value is 1.36. The first-order chi connectivity index (χ1) is 6.47. The summed E-state index contributed by atoms with van der Waals surface area (Å²) < 4.78 is 5.67. The third-order valence-corrected chi connectivity index (χ3v) is 4.59. The molecule has 0 amide bonds. The van der Waals surface area contributed by atoms with Gasteiger partial charge in [0.2, 0.25) is 0 Å². The summed E-state index contributed by atoms with van der Waals surface area (Å²) in [6.07, 6.45) is 0.942. The van der Waals surface area contributed by atoms with E-state index >= 15 is 0 Å². The first kappa shape index (κ1) is 14.4. The number of halogens is 3. The summed E-state index contributed by atoms with van der Waals surface area (Å²) >= 11 is 10.5. The molecule has 1 aliphatic rings. The molecule has 3 unspecified atom stereocenters. The van der Waals surface area contributed by atoms with E-state index in [0.29, 0.717) is 5.92 Å². The summed E-state index contributed by atoms with van der Waals surface area (Å²) in [4.78, 5) is 0. The number of rotatable bonds is 1. The lowest BCUT2D eigenvalue weighted by atomic mass is 9.73. The molecule has 1 aliphatic heterocycles. The summed E-state index contributed by atoms with van der Waals surface area (Å²) in [7, 11) is 0. The predicted molar refractivity (Wildman–Crippen MR) is 74.5 cm³/mol. The van der Waals surface area contributed by atoms with Crippen LogP contribution in [-0.2, 0) is 4.74 Å². The van der Waals surface area contributed by atoms with Crippen molar-refractivity contribution in [3.05, 3.63) is 0 Å². The Bertz CT molecular complexity index is 246. The van der Waals surface area contributed by atoms with Crippen molar-refractivity contribution in [1.82, 2.24) is 0 Å². The van der Waals surface area contributed by atoms with E-state index < -0.39 is 5.72 Å². The van der Waals surface area contributed by atoms with Crippen LogP contribution in [0.3, 0.4) is 0 Å². The standard InChI is InChI=1S/C10H18Br3NO/c1-6-8(2,3)7(5-10(11,12)13)15-9(6,4)14/h6-7H,5,14H2,1-4H3. The zero-order chi connectivity index (χ0) is 12.1. The average Bonchev–Trinajstić information content (AvgIpc) is 2.09. The van der Waals surface area contributed by atoms with Crippen molar-refractivity contribution in [2.75, 3.05) is 0 Å². The van der Waals surface area contributed by atoms with E-state index in [2.05, 4.69) is 68.6 Å². The van der Waals surface area contributed by atoms with Crippen molar-refractivity contribution in [2.24, 2.45) is 17.1 Å². The van der Waals surface area contributed by atoms with Crippen molar-refractivity contribution >= 4 is 47.8 Å². The molecule has 2 nitrogen and oxygen atoms in total. The van der Waals surface area contributed by atoms with E-state index in [1.165, 1.54) is 0 Å². The SMILES string of the molecule is CC1C(C)(N)OC(CC(Br)(Br)Br)C1(C)C. The lowest BCUT2D eigenvalue weighted by Gasteiger charge is -2.31. The largest absolute Gasteiger partial charge is 0.357 e. The Morgan fingerprint density at radius 1 is 1.27 bits per heavy atom. The highest BCUT2D eigenvalue weighted by Gasteiger charge is 2.53. The quantitative estimate of drug-likeness (QED) is 0.668. The molecule has 0 bridgehead atoms. The number of nitrogens with two attached hydrogens (primary N) is 1. The Labute approximate surface area is 117 Å². The van der Waals surface area contributed by atoms with Gasteiger partial charge in [-0.25, -0.2) is 0 Å². The zero-order valence-electron chi connectivity index (χ0n) is 9.48. The second kappa shape index (κ2) is 4.23.